The third-order valence-electron chi connectivity index (χ3n) is 10.3. The number of hydrogen-bond donors (Lipinski definition) is 0. The number of nitrogens with zero attached hydrogens (tertiary/aromatic N) is 4. The molecule has 9 rings (SSSR count). The number of fused-ring (bicyclic) bond motifs is 4. The quantitative estimate of drug-likeness (QED) is 0.118. The maximum Gasteiger partial charge on any atom is 0.148 e. The average molecular weight is 871 g/mol. The Hall–Kier alpha value is -5.48. The second-order valence-electron chi connectivity index (χ2n) is 14.2. The minimum Gasteiger partial charge on any atom is -0.319 e. The first kappa shape index (κ1) is 34.6. The van der Waals surface area contributed by atoms with Crippen LogP contribution in [-0.2, 0) is 26.5 Å². The maximum absolute atomic E-state index is 5.06. The van der Waals surface area contributed by atoms with Crippen LogP contribution in [0.2, 0.25) is 0 Å². The number of para-hydroxylation sites is 4. The summed E-state index contributed by atoms with van der Waals surface area (Å²) < 4.78 is 2.27. The SMILES string of the molecule is CC(C)c1ccccc1-c1ccnc(-n2c3[c-]c(C(C)(C)c4[c-]c(N5[OH+]N(c6ccccc6)c6ccccc65)ccc4)ccc3c3ccccc32)c1.[Pt]. The van der Waals surface area contributed by atoms with Crippen LogP contribution in [-0.4, -0.2) is 14.5 Å². The average Bonchev–Trinajstić information content (AvgIpc) is 3.74. The van der Waals surface area contributed by atoms with Crippen LogP contribution >= 0.6 is 0 Å². The van der Waals surface area contributed by atoms with E-state index in [4.69, 9.17) is 9.92 Å². The molecule has 3 heterocycles. The Bertz CT molecular complexity index is 2590. The fourth-order valence-electron chi connectivity index (χ4n) is 7.50. The molecule has 1 aliphatic rings. The van der Waals surface area contributed by atoms with Gasteiger partial charge in [0.05, 0.1) is 0 Å². The monoisotopic (exact) mass is 870 g/mol. The van der Waals surface area contributed by atoms with Gasteiger partial charge in [-0.1, -0.05) is 111 Å². The minimum absolute atomic E-state index is 0. The molecular weight excluding hydrogens is 832 g/mol. The number of aromatic nitrogens is 2. The van der Waals surface area contributed by atoms with Gasteiger partial charge in [0.2, 0.25) is 0 Å². The third kappa shape index (κ3) is 5.95. The second kappa shape index (κ2) is 13.8. The van der Waals surface area contributed by atoms with E-state index in [0.717, 1.165) is 61.7 Å². The molecular formula is C47H39N4OPt-. The summed E-state index contributed by atoms with van der Waals surface area (Å²) in [5.41, 5.74) is 11.5. The molecule has 0 unspecified atom stereocenters. The Morgan fingerprint density at radius 2 is 1.34 bits per heavy atom. The molecule has 0 saturated heterocycles. The molecule has 0 radical (unpaired) electrons. The first-order valence-corrected chi connectivity index (χ1v) is 17.9. The van der Waals surface area contributed by atoms with Crippen molar-refractivity contribution in [2.45, 2.75) is 39.0 Å². The van der Waals surface area contributed by atoms with Gasteiger partial charge in [-0.15, -0.1) is 22.6 Å². The van der Waals surface area contributed by atoms with Gasteiger partial charge in [0.1, 0.15) is 22.9 Å². The zero-order valence-corrected chi connectivity index (χ0v) is 32.3. The zero-order valence-electron chi connectivity index (χ0n) is 30.1. The molecule has 0 fully saturated rings. The van der Waals surface area contributed by atoms with E-state index in [-0.39, 0.29) is 21.1 Å². The number of rotatable bonds is 7. The summed E-state index contributed by atoms with van der Waals surface area (Å²) in [6.45, 7) is 9.00. The van der Waals surface area contributed by atoms with Crippen molar-refractivity contribution in [3.05, 3.63) is 181 Å². The molecule has 5 nitrogen and oxygen atoms in total. The van der Waals surface area contributed by atoms with Crippen LogP contribution in [0.25, 0.3) is 38.8 Å². The van der Waals surface area contributed by atoms with E-state index < -0.39 is 5.41 Å². The summed E-state index contributed by atoms with van der Waals surface area (Å²) in [5.74, 6) is 1.28. The fourth-order valence-corrected chi connectivity index (χ4v) is 7.50. The Kier molecular flexibility index (Phi) is 9.02. The predicted octanol–water partition coefficient (Wildman–Crippen LogP) is 12.0. The Labute approximate surface area is 325 Å². The molecule has 0 saturated carbocycles. The molecule has 0 aliphatic carbocycles. The molecule has 6 heteroatoms. The van der Waals surface area contributed by atoms with E-state index in [0.29, 0.717) is 5.92 Å². The van der Waals surface area contributed by atoms with Gasteiger partial charge >= 0.3 is 0 Å². The smallest absolute Gasteiger partial charge is 0.148 e. The molecule has 264 valence electrons. The molecule has 0 amide bonds. The summed E-state index contributed by atoms with van der Waals surface area (Å²) in [5, 5.41) is 6.31. The van der Waals surface area contributed by atoms with Crippen molar-refractivity contribution in [3.63, 3.8) is 0 Å². The summed E-state index contributed by atoms with van der Waals surface area (Å²) in [7, 11) is 0. The van der Waals surface area contributed by atoms with Crippen LogP contribution in [0.15, 0.2) is 152 Å². The fraction of sp³-hybridized carbons (Fsp3) is 0.128. The van der Waals surface area contributed by atoms with Crippen molar-refractivity contribution >= 4 is 44.6 Å². The Balaban J connectivity index is 0.00000400. The van der Waals surface area contributed by atoms with Crippen LogP contribution in [0.5, 0.6) is 0 Å². The van der Waals surface area contributed by atoms with Crippen LogP contribution in [0.1, 0.15) is 50.3 Å². The number of pyridine rings is 1. The van der Waals surface area contributed by atoms with Crippen LogP contribution < -0.4 is 10.1 Å². The Morgan fingerprint density at radius 3 is 2.15 bits per heavy atom. The molecule has 53 heavy (non-hydrogen) atoms. The predicted molar refractivity (Wildman–Crippen MR) is 213 cm³/mol. The van der Waals surface area contributed by atoms with Crippen LogP contribution in [0.3, 0.4) is 0 Å². The van der Waals surface area contributed by atoms with Crippen molar-refractivity contribution < 1.29 is 26.0 Å². The van der Waals surface area contributed by atoms with E-state index in [1.54, 1.807) is 0 Å². The van der Waals surface area contributed by atoms with E-state index in [1.807, 2.05) is 34.5 Å². The van der Waals surface area contributed by atoms with E-state index in [2.05, 4.69) is 172 Å². The van der Waals surface area contributed by atoms with E-state index in [1.165, 1.54) is 16.5 Å². The molecule has 8 aromatic rings. The number of hydrogen-bond acceptors (Lipinski definition) is 3. The zero-order chi connectivity index (χ0) is 35.4. The Morgan fingerprint density at radius 1 is 0.642 bits per heavy atom. The van der Waals surface area contributed by atoms with Crippen molar-refractivity contribution in [1.29, 1.82) is 0 Å². The third-order valence-corrected chi connectivity index (χ3v) is 10.3. The van der Waals surface area contributed by atoms with Crippen LogP contribution in [0, 0.1) is 12.1 Å². The number of benzene rings is 6. The first-order valence-electron chi connectivity index (χ1n) is 17.9. The van der Waals surface area contributed by atoms with Gasteiger partial charge < -0.3 is 4.57 Å². The molecule has 2 aromatic heterocycles. The molecule has 1 aliphatic heterocycles. The van der Waals surface area contributed by atoms with Gasteiger partial charge in [0.25, 0.3) is 0 Å². The standard InChI is InChI=1S/C47H38N4O.Pt/c1-32(2)38-19-8-9-20-39(38)33-27-28-48-46(29-33)49-42-22-11-10-21-40(42)41-26-25-35(31-45(41)49)47(3,4)34-15-14-18-37(30-34)51-44-24-13-12-23-43(44)50(52-51)36-16-6-5-7-17-36;/h5-29,32H,1-4H3;/q-2;/p+1. The summed E-state index contributed by atoms with van der Waals surface area (Å²) >= 11 is 0. The molecule has 0 bridgehead atoms. The summed E-state index contributed by atoms with van der Waals surface area (Å²) in [4.78, 5) is 10.0. The second-order valence-corrected chi connectivity index (χ2v) is 14.2. The van der Waals surface area contributed by atoms with Gasteiger partial charge in [-0.25, -0.2) is 4.98 Å². The van der Waals surface area contributed by atoms with E-state index >= 15 is 0 Å². The summed E-state index contributed by atoms with van der Waals surface area (Å²) in [6, 6.07) is 58.6. The van der Waals surface area contributed by atoms with Gasteiger partial charge in [-0.2, -0.15) is 46.4 Å². The largest absolute Gasteiger partial charge is 0.319 e. The van der Waals surface area contributed by atoms with Gasteiger partial charge in [0.15, 0.2) is 0 Å². The van der Waals surface area contributed by atoms with E-state index in [9.17, 15) is 0 Å². The topological polar surface area (TPSA) is 37.1 Å². The van der Waals surface area contributed by atoms with Crippen molar-refractivity contribution in [3.8, 4) is 16.9 Å². The van der Waals surface area contributed by atoms with Crippen molar-refractivity contribution in [2.24, 2.45) is 0 Å². The van der Waals surface area contributed by atoms with Crippen molar-refractivity contribution in [2.75, 3.05) is 10.1 Å². The molecule has 1 N–H and O–H groups in total. The summed E-state index contributed by atoms with van der Waals surface area (Å²) in [6.07, 6.45) is 1.93. The van der Waals surface area contributed by atoms with Gasteiger partial charge in [-0.05, 0) is 75.9 Å². The first-order chi connectivity index (χ1) is 25.4. The molecule has 0 atom stereocenters. The minimum atomic E-state index is -0.421. The van der Waals surface area contributed by atoms with Gasteiger partial charge in [-0.3, -0.25) is 0 Å². The van der Waals surface area contributed by atoms with Crippen molar-refractivity contribution in [1.82, 2.24) is 9.55 Å². The maximum atomic E-state index is 5.06. The molecule has 6 aromatic carbocycles. The molecule has 0 spiro atoms. The number of anilines is 4. The van der Waals surface area contributed by atoms with Gasteiger partial charge in [0, 0.05) is 38.5 Å². The van der Waals surface area contributed by atoms with Crippen LogP contribution in [0.4, 0.5) is 22.7 Å². The normalized spacial score (nSPS) is 12.8.